The highest BCUT2D eigenvalue weighted by atomic mass is 16.1. The molecule has 0 aliphatic rings. The van der Waals surface area contributed by atoms with Crippen LogP contribution in [0, 0.1) is 13.8 Å². The maximum Gasteiger partial charge on any atom is 0.220 e. The Morgan fingerprint density at radius 1 is 1.03 bits per heavy atom. The summed E-state index contributed by atoms with van der Waals surface area (Å²) in [5.74, 6) is 0.0797. The van der Waals surface area contributed by atoms with E-state index in [0.717, 1.165) is 34.6 Å². The molecule has 0 aliphatic heterocycles. The van der Waals surface area contributed by atoms with Gasteiger partial charge in [0, 0.05) is 35.8 Å². The number of amides is 1. The van der Waals surface area contributed by atoms with Gasteiger partial charge in [0.1, 0.15) is 0 Å². The van der Waals surface area contributed by atoms with Crippen LogP contribution >= 0.6 is 0 Å². The molecule has 4 aromatic rings. The average molecular weight is 386 g/mol. The first-order chi connectivity index (χ1) is 14.1. The van der Waals surface area contributed by atoms with Crippen molar-refractivity contribution < 1.29 is 4.79 Å². The lowest BCUT2D eigenvalue weighted by Crippen LogP contribution is -2.25. The van der Waals surface area contributed by atoms with E-state index in [1.807, 2.05) is 60.3 Å². The fourth-order valence-corrected chi connectivity index (χ4v) is 3.86. The molecule has 2 heterocycles. The average Bonchev–Trinajstić information content (AvgIpc) is 3.28. The molecule has 0 fully saturated rings. The molecule has 2 aromatic carbocycles. The highest BCUT2D eigenvalue weighted by molar-refractivity contribution is 5.83. The topological polar surface area (TPSA) is 62.7 Å². The fraction of sp³-hybridized carbons (Fsp3) is 0.250. The number of benzene rings is 2. The van der Waals surface area contributed by atoms with E-state index in [4.69, 9.17) is 0 Å². The van der Waals surface area contributed by atoms with Gasteiger partial charge in [-0.05, 0) is 56.0 Å². The molecule has 0 aliphatic carbocycles. The van der Waals surface area contributed by atoms with Crippen LogP contribution in [0.15, 0.2) is 60.8 Å². The Morgan fingerprint density at radius 3 is 2.62 bits per heavy atom. The third-order valence-corrected chi connectivity index (χ3v) is 5.44. The number of hydrogen-bond donors (Lipinski definition) is 2. The second-order valence-electron chi connectivity index (χ2n) is 7.36. The van der Waals surface area contributed by atoms with Gasteiger partial charge in [0.25, 0.3) is 0 Å². The van der Waals surface area contributed by atoms with E-state index in [2.05, 4.69) is 34.5 Å². The van der Waals surface area contributed by atoms with E-state index in [1.165, 1.54) is 10.9 Å². The predicted molar refractivity (Wildman–Crippen MR) is 116 cm³/mol. The van der Waals surface area contributed by atoms with Crippen molar-refractivity contribution in [1.29, 1.82) is 0 Å². The van der Waals surface area contributed by atoms with Crippen molar-refractivity contribution in [2.45, 2.75) is 33.1 Å². The zero-order valence-corrected chi connectivity index (χ0v) is 16.9. The SMILES string of the molecule is Cc1nn(-c2ccccc2)c(C)c1CCC(=O)NCCc1c[nH]c2ccccc12. The molecule has 0 radical (unpaired) electrons. The first-order valence-corrected chi connectivity index (χ1v) is 10.1. The summed E-state index contributed by atoms with van der Waals surface area (Å²) in [6.07, 6.45) is 4.01. The van der Waals surface area contributed by atoms with E-state index in [9.17, 15) is 4.79 Å². The van der Waals surface area contributed by atoms with Crippen LogP contribution in [0.4, 0.5) is 0 Å². The van der Waals surface area contributed by atoms with Crippen LogP contribution in [0.3, 0.4) is 0 Å². The number of aromatic nitrogens is 3. The number of carbonyl (C=O) groups excluding carboxylic acids is 1. The van der Waals surface area contributed by atoms with Gasteiger partial charge in [0.2, 0.25) is 5.91 Å². The largest absolute Gasteiger partial charge is 0.361 e. The van der Waals surface area contributed by atoms with Gasteiger partial charge < -0.3 is 10.3 Å². The van der Waals surface area contributed by atoms with Gasteiger partial charge in [0.15, 0.2) is 0 Å². The van der Waals surface area contributed by atoms with Gasteiger partial charge in [-0.3, -0.25) is 4.79 Å². The zero-order valence-electron chi connectivity index (χ0n) is 16.9. The van der Waals surface area contributed by atoms with E-state index >= 15 is 0 Å². The molecule has 1 amide bonds. The molecule has 0 spiro atoms. The summed E-state index contributed by atoms with van der Waals surface area (Å²) in [7, 11) is 0. The quantitative estimate of drug-likeness (QED) is 0.498. The summed E-state index contributed by atoms with van der Waals surface area (Å²) >= 11 is 0. The van der Waals surface area contributed by atoms with Gasteiger partial charge >= 0.3 is 0 Å². The second kappa shape index (κ2) is 8.35. The first kappa shape index (κ1) is 19.0. The maximum atomic E-state index is 12.4. The lowest BCUT2D eigenvalue weighted by Gasteiger charge is -2.07. The molecule has 0 saturated heterocycles. The summed E-state index contributed by atoms with van der Waals surface area (Å²) in [5.41, 5.74) is 6.65. The Hall–Kier alpha value is -3.34. The smallest absolute Gasteiger partial charge is 0.220 e. The van der Waals surface area contributed by atoms with Crippen LogP contribution in [-0.4, -0.2) is 27.2 Å². The van der Waals surface area contributed by atoms with Crippen molar-refractivity contribution in [2.24, 2.45) is 0 Å². The van der Waals surface area contributed by atoms with E-state index in [1.54, 1.807) is 0 Å². The van der Waals surface area contributed by atoms with Gasteiger partial charge in [0.05, 0.1) is 11.4 Å². The molecule has 4 rings (SSSR count). The number of nitrogens with zero attached hydrogens (tertiary/aromatic N) is 2. The van der Waals surface area contributed by atoms with Gasteiger partial charge in [-0.2, -0.15) is 5.10 Å². The minimum absolute atomic E-state index is 0.0797. The Bertz CT molecular complexity index is 1120. The number of aromatic amines is 1. The van der Waals surface area contributed by atoms with Crippen LogP contribution < -0.4 is 5.32 Å². The van der Waals surface area contributed by atoms with Crippen LogP contribution in [0.2, 0.25) is 0 Å². The zero-order chi connectivity index (χ0) is 20.2. The number of hydrogen-bond acceptors (Lipinski definition) is 2. The first-order valence-electron chi connectivity index (χ1n) is 10.1. The number of H-pyrrole nitrogens is 1. The number of rotatable bonds is 7. The molecular formula is C24H26N4O. The molecule has 2 N–H and O–H groups in total. The van der Waals surface area contributed by atoms with Crippen LogP contribution in [0.5, 0.6) is 0 Å². The predicted octanol–water partition coefficient (Wildman–Crippen LogP) is 4.26. The Morgan fingerprint density at radius 2 is 1.79 bits per heavy atom. The highest BCUT2D eigenvalue weighted by Gasteiger charge is 2.14. The third-order valence-electron chi connectivity index (χ3n) is 5.44. The van der Waals surface area contributed by atoms with Crippen molar-refractivity contribution in [1.82, 2.24) is 20.1 Å². The lowest BCUT2D eigenvalue weighted by atomic mass is 10.1. The minimum atomic E-state index is 0.0797. The monoisotopic (exact) mass is 386 g/mol. The fourth-order valence-electron chi connectivity index (χ4n) is 3.86. The molecule has 0 unspecified atom stereocenters. The molecule has 0 bridgehead atoms. The summed E-state index contributed by atoms with van der Waals surface area (Å²) in [6, 6.07) is 18.3. The summed E-state index contributed by atoms with van der Waals surface area (Å²) in [5, 5.41) is 8.94. The Kier molecular flexibility index (Phi) is 5.47. The van der Waals surface area contributed by atoms with Gasteiger partial charge in [-0.15, -0.1) is 0 Å². The van der Waals surface area contributed by atoms with Crippen LogP contribution in [-0.2, 0) is 17.6 Å². The number of aryl methyl sites for hydroxylation is 1. The van der Waals surface area contributed by atoms with Crippen molar-refractivity contribution in [3.05, 3.63) is 83.3 Å². The summed E-state index contributed by atoms with van der Waals surface area (Å²) in [4.78, 5) is 15.6. The summed E-state index contributed by atoms with van der Waals surface area (Å²) < 4.78 is 1.96. The van der Waals surface area contributed by atoms with E-state index in [-0.39, 0.29) is 5.91 Å². The Labute approximate surface area is 170 Å². The molecule has 148 valence electrons. The normalized spacial score (nSPS) is 11.1. The van der Waals surface area contributed by atoms with E-state index < -0.39 is 0 Å². The molecular weight excluding hydrogens is 360 g/mol. The molecule has 29 heavy (non-hydrogen) atoms. The van der Waals surface area contributed by atoms with Crippen molar-refractivity contribution in [3.8, 4) is 5.69 Å². The molecule has 0 atom stereocenters. The minimum Gasteiger partial charge on any atom is -0.361 e. The molecule has 5 nitrogen and oxygen atoms in total. The lowest BCUT2D eigenvalue weighted by molar-refractivity contribution is -0.121. The number of fused-ring (bicyclic) bond motifs is 1. The molecule has 2 aromatic heterocycles. The van der Waals surface area contributed by atoms with Crippen molar-refractivity contribution in [2.75, 3.05) is 6.54 Å². The maximum absolute atomic E-state index is 12.4. The standard InChI is InChI=1S/C24H26N4O/c1-17-21(18(2)28(27-17)20-8-4-3-5-9-20)12-13-24(29)25-15-14-19-16-26-23-11-7-6-10-22(19)23/h3-11,16,26H,12-15H2,1-2H3,(H,25,29). The van der Waals surface area contributed by atoms with Gasteiger partial charge in [-0.25, -0.2) is 4.68 Å². The Balaban J connectivity index is 1.32. The molecule has 0 saturated carbocycles. The van der Waals surface area contributed by atoms with Crippen molar-refractivity contribution >= 4 is 16.8 Å². The van der Waals surface area contributed by atoms with Gasteiger partial charge in [-0.1, -0.05) is 36.4 Å². The third kappa shape index (κ3) is 4.09. The second-order valence-corrected chi connectivity index (χ2v) is 7.36. The molecule has 5 heteroatoms. The summed E-state index contributed by atoms with van der Waals surface area (Å²) in [6.45, 7) is 4.72. The van der Waals surface area contributed by atoms with Crippen molar-refractivity contribution in [3.63, 3.8) is 0 Å². The number of carbonyl (C=O) groups is 1. The number of nitrogens with one attached hydrogen (secondary N) is 2. The number of para-hydroxylation sites is 2. The highest BCUT2D eigenvalue weighted by Crippen LogP contribution is 2.20. The van der Waals surface area contributed by atoms with Crippen LogP contribution in [0.25, 0.3) is 16.6 Å². The van der Waals surface area contributed by atoms with Crippen LogP contribution in [0.1, 0.15) is 28.9 Å². The van der Waals surface area contributed by atoms with E-state index in [0.29, 0.717) is 19.4 Å².